The predicted octanol–water partition coefficient (Wildman–Crippen LogP) is 3.61. The van der Waals surface area contributed by atoms with E-state index in [9.17, 15) is 4.79 Å². The highest BCUT2D eigenvalue weighted by molar-refractivity contribution is 6.30. The van der Waals surface area contributed by atoms with Crippen LogP contribution in [-0.2, 0) is 13.1 Å². The zero-order valence-electron chi connectivity index (χ0n) is 19.3. The third-order valence-corrected chi connectivity index (χ3v) is 6.85. The highest BCUT2D eigenvalue weighted by Crippen LogP contribution is 2.18. The molecule has 3 heterocycles. The van der Waals surface area contributed by atoms with Crippen molar-refractivity contribution in [2.45, 2.75) is 13.1 Å². The summed E-state index contributed by atoms with van der Waals surface area (Å²) >= 11 is 5.98. The summed E-state index contributed by atoms with van der Waals surface area (Å²) in [5.41, 5.74) is 2.88. The first-order valence-corrected chi connectivity index (χ1v) is 12.2. The molecule has 8 heteroatoms. The number of rotatable bonds is 6. The highest BCUT2D eigenvalue weighted by atomic mass is 35.5. The van der Waals surface area contributed by atoms with Crippen LogP contribution in [-0.4, -0.2) is 77.9 Å². The van der Waals surface area contributed by atoms with Crippen LogP contribution in [0.1, 0.15) is 21.9 Å². The lowest BCUT2D eigenvalue weighted by Crippen LogP contribution is -2.48. The Morgan fingerprint density at radius 3 is 2.15 bits per heavy atom. The minimum atomic E-state index is -0.0458. The van der Waals surface area contributed by atoms with Gasteiger partial charge in [0.05, 0.1) is 6.54 Å². The van der Waals surface area contributed by atoms with Crippen LogP contribution in [0.2, 0.25) is 5.02 Å². The number of halogens is 1. The molecule has 3 aromatic rings. The monoisotopic (exact) mass is 479 g/mol. The zero-order valence-corrected chi connectivity index (χ0v) is 20.0. The summed E-state index contributed by atoms with van der Waals surface area (Å²) in [7, 11) is 0. The first kappa shape index (κ1) is 22.9. The molecule has 0 unspecified atom stereocenters. The summed E-state index contributed by atoms with van der Waals surface area (Å²) in [5.74, 6) is 0.563. The quantitative estimate of drug-likeness (QED) is 0.538. The average molecular weight is 480 g/mol. The van der Waals surface area contributed by atoms with E-state index < -0.39 is 0 Å². The molecule has 2 aliphatic heterocycles. The standard InChI is InChI=1S/C26H30ClN5O2/c27-22-8-6-21(7-9-22)18-29-10-12-30(13-11-29)19-25-28-24(20-34-25)26(33)32-16-14-31(15-17-32)23-4-2-1-3-5-23/h1-9,20H,10-19H2. The van der Waals surface area contributed by atoms with Gasteiger partial charge in [-0.05, 0) is 29.8 Å². The molecule has 0 saturated carbocycles. The van der Waals surface area contributed by atoms with Crippen molar-refractivity contribution in [2.24, 2.45) is 0 Å². The Balaban J connectivity index is 1.08. The zero-order chi connectivity index (χ0) is 23.3. The van der Waals surface area contributed by atoms with Gasteiger partial charge in [-0.2, -0.15) is 0 Å². The van der Waals surface area contributed by atoms with E-state index in [2.05, 4.69) is 43.9 Å². The van der Waals surface area contributed by atoms with Crippen LogP contribution in [0.15, 0.2) is 65.3 Å². The first-order valence-electron chi connectivity index (χ1n) is 11.9. The molecule has 0 N–H and O–H groups in total. The molecule has 0 spiro atoms. The number of carbonyl (C=O) groups excluding carboxylic acids is 1. The van der Waals surface area contributed by atoms with E-state index in [4.69, 9.17) is 16.0 Å². The maximum Gasteiger partial charge on any atom is 0.275 e. The van der Waals surface area contributed by atoms with Gasteiger partial charge in [-0.25, -0.2) is 4.98 Å². The maximum absolute atomic E-state index is 12.9. The largest absolute Gasteiger partial charge is 0.447 e. The van der Waals surface area contributed by atoms with Crippen molar-refractivity contribution in [3.05, 3.63) is 83.0 Å². The number of aromatic nitrogens is 1. The van der Waals surface area contributed by atoms with Gasteiger partial charge in [0.1, 0.15) is 6.26 Å². The predicted molar refractivity (Wildman–Crippen MR) is 133 cm³/mol. The van der Waals surface area contributed by atoms with Crippen molar-refractivity contribution in [1.29, 1.82) is 0 Å². The van der Waals surface area contributed by atoms with Crippen molar-refractivity contribution in [3.63, 3.8) is 0 Å². The van der Waals surface area contributed by atoms with E-state index in [1.165, 1.54) is 17.5 Å². The second-order valence-electron chi connectivity index (χ2n) is 8.92. The summed E-state index contributed by atoms with van der Waals surface area (Å²) in [6.45, 7) is 8.44. The van der Waals surface area contributed by atoms with Crippen LogP contribution < -0.4 is 4.90 Å². The van der Waals surface area contributed by atoms with Crippen molar-refractivity contribution in [2.75, 3.05) is 57.3 Å². The van der Waals surface area contributed by atoms with E-state index in [-0.39, 0.29) is 5.91 Å². The number of benzene rings is 2. The van der Waals surface area contributed by atoms with Gasteiger partial charge in [-0.15, -0.1) is 0 Å². The lowest BCUT2D eigenvalue weighted by atomic mass is 10.2. The van der Waals surface area contributed by atoms with Crippen LogP contribution >= 0.6 is 11.6 Å². The molecule has 2 aliphatic rings. The van der Waals surface area contributed by atoms with Crippen molar-refractivity contribution in [3.8, 4) is 0 Å². The van der Waals surface area contributed by atoms with Gasteiger partial charge >= 0.3 is 0 Å². The lowest BCUT2D eigenvalue weighted by Gasteiger charge is -2.35. The van der Waals surface area contributed by atoms with Gasteiger partial charge in [0.2, 0.25) is 5.89 Å². The Labute approximate surface area is 205 Å². The van der Waals surface area contributed by atoms with E-state index >= 15 is 0 Å². The summed E-state index contributed by atoms with van der Waals surface area (Å²) in [4.78, 5) is 26.4. The van der Waals surface area contributed by atoms with Crippen molar-refractivity contribution < 1.29 is 9.21 Å². The molecule has 34 heavy (non-hydrogen) atoms. The molecule has 2 saturated heterocycles. The SMILES string of the molecule is O=C(c1coc(CN2CCN(Cc3ccc(Cl)cc3)CC2)n1)N1CCN(c2ccccc2)CC1. The van der Waals surface area contributed by atoms with E-state index in [0.717, 1.165) is 50.8 Å². The summed E-state index contributed by atoms with van der Waals surface area (Å²) in [6.07, 6.45) is 1.51. The van der Waals surface area contributed by atoms with Crippen LogP contribution in [0.4, 0.5) is 5.69 Å². The Morgan fingerprint density at radius 2 is 1.47 bits per heavy atom. The molecule has 178 valence electrons. The summed E-state index contributed by atoms with van der Waals surface area (Å²) < 4.78 is 5.67. The van der Waals surface area contributed by atoms with Gasteiger partial charge in [0.15, 0.2) is 5.69 Å². The number of carbonyl (C=O) groups is 1. The number of hydrogen-bond acceptors (Lipinski definition) is 6. The topological polar surface area (TPSA) is 56.1 Å². The molecule has 1 aromatic heterocycles. The maximum atomic E-state index is 12.9. The third kappa shape index (κ3) is 5.60. The van der Waals surface area contributed by atoms with Gasteiger partial charge in [-0.1, -0.05) is 41.9 Å². The Morgan fingerprint density at radius 1 is 0.824 bits per heavy atom. The Hall–Kier alpha value is -2.87. The molecule has 2 fully saturated rings. The van der Waals surface area contributed by atoms with Gasteiger partial charge in [0, 0.05) is 69.6 Å². The lowest BCUT2D eigenvalue weighted by molar-refractivity contribution is 0.0740. The van der Waals surface area contributed by atoms with E-state index in [0.29, 0.717) is 31.2 Å². The number of oxazole rings is 1. The minimum absolute atomic E-state index is 0.0458. The molecule has 5 rings (SSSR count). The molecule has 1 amide bonds. The van der Waals surface area contributed by atoms with Crippen molar-refractivity contribution >= 4 is 23.2 Å². The Bertz CT molecular complexity index is 1070. The van der Waals surface area contributed by atoms with Crippen molar-refractivity contribution in [1.82, 2.24) is 19.7 Å². The molecule has 0 radical (unpaired) electrons. The minimum Gasteiger partial charge on any atom is -0.447 e. The molecular weight excluding hydrogens is 450 g/mol. The number of anilines is 1. The number of piperazine rings is 2. The molecule has 0 aliphatic carbocycles. The second-order valence-corrected chi connectivity index (χ2v) is 9.36. The fourth-order valence-corrected chi connectivity index (χ4v) is 4.72. The molecule has 0 bridgehead atoms. The number of para-hydroxylation sites is 1. The second kappa shape index (κ2) is 10.6. The molecular formula is C26H30ClN5O2. The van der Waals surface area contributed by atoms with Crippen LogP contribution in [0, 0.1) is 0 Å². The van der Waals surface area contributed by atoms with E-state index in [1.54, 1.807) is 0 Å². The first-order chi connectivity index (χ1) is 16.6. The number of nitrogens with zero attached hydrogens (tertiary/aromatic N) is 5. The fourth-order valence-electron chi connectivity index (χ4n) is 4.60. The van der Waals surface area contributed by atoms with Crippen LogP contribution in [0.3, 0.4) is 0 Å². The Kier molecular flexibility index (Phi) is 7.13. The van der Waals surface area contributed by atoms with Gasteiger partial charge in [-0.3, -0.25) is 14.6 Å². The van der Waals surface area contributed by atoms with Crippen LogP contribution in [0.5, 0.6) is 0 Å². The highest BCUT2D eigenvalue weighted by Gasteiger charge is 2.25. The smallest absolute Gasteiger partial charge is 0.275 e. The third-order valence-electron chi connectivity index (χ3n) is 6.60. The van der Waals surface area contributed by atoms with E-state index in [1.807, 2.05) is 35.2 Å². The van der Waals surface area contributed by atoms with Gasteiger partial charge < -0.3 is 14.2 Å². The van der Waals surface area contributed by atoms with Crippen LogP contribution in [0.25, 0.3) is 0 Å². The molecule has 7 nitrogen and oxygen atoms in total. The van der Waals surface area contributed by atoms with Gasteiger partial charge in [0.25, 0.3) is 5.91 Å². The fraction of sp³-hybridized carbons (Fsp3) is 0.385. The number of hydrogen-bond donors (Lipinski definition) is 0. The normalized spacial score (nSPS) is 17.8. The number of amides is 1. The average Bonchev–Trinajstić information content (AvgIpc) is 3.35. The molecule has 0 atom stereocenters. The molecule has 2 aromatic carbocycles. The summed E-state index contributed by atoms with van der Waals surface area (Å²) in [5, 5.41) is 0.770. The summed E-state index contributed by atoms with van der Waals surface area (Å²) in [6, 6.07) is 18.4.